The predicted molar refractivity (Wildman–Crippen MR) is 178 cm³/mol. The first-order chi connectivity index (χ1) is 21.0. The van der Waals surface area contributed by atoms with Gasteiger partial charge in [0, 0.05) is 19.3 Å². The van der Waals surface area contributed by atoms with Crippen molar-refractivity contribution in [1.29, 1.82) is 0 Å². The summed E-state index contributed by atoms with van der Waals surface area (Å²) in [5.74, 6) is -0.898. The molecule has 0 bridgehead atoms. The van der Waals surface area contributed by atoms with Gasteiger partial charge in [0.2, 0.25) is 0 Å². The summed E-state index contributed by atoms with van der Waals surface area (Å²) in [4.78, 5) is 37.1. The lowest BCUT2D eigenvalue weighted by Gasteiger charge is -2.18. The third-order valence-electron chi connectivity index (χ3n) is 7.75. The van der Waals surface area contributed by atoms with Crippen LogP contribution >= 0.6 is 0 Å². The van der Waals surface area contributed by atoms with Crippen molar-refractivity contribution < 1.29 is 28.6 Å². The maximum atomic E-state index is 12.5. The van der Waals surface area contributed by atoms with Crippen molar-refractivity contribution in [3.05, 3.63) is 12.2 Å². The molecule has 252 valence electrons. The quantitative estimate of drug-likeness (QED) is 0.0327. The monoisotopic (exact) mass is 609 g/mol. The molecule has 0 spiro atoms. The van der Waals surface area contributed by atoms with Gasteiger partial charge >= 0.3 is 17.9 Å². The normalized spacial score (nSPS) is 12.0. The van der Waals surface area contributed by atoms with Crippen molar-refractivity contribution in [3.63, 3.8) is 0 Å². The molecule has 0 amide bonds. The fourth-order valence-corrected chi connectivity index (χ4v) is 4.97. The van der Waals surface area contributed by atoms with Crippen LogP contribution in [0.2, 0.25) is 0 Å². The lowest BCUT2D eigenvalue weighted by atomic mass is 10.1. The molecule has 0 saturated heterocycles. The molecular weight excluding hydrogens is 540 g/mol. The lowest BCUT2D eigenvalue weighted by molar-refractivity contribution is -0.167. The smallest absolute Gasteiger partial charge is 0.306 e. The molecule has 1 unspecified atom stereocenters. The first kappa shape index (κ1) is 41.1. The zero-order valence-corrected chi connectivity index (χ0v) is 28.5. The second-order valence-electron chi connectivity index (χ2n) is 12.1. The van der Waals surface area contributed by atoms with Crippen molar-refractivity contribution in [2.75, 3.05) is 13.2 Å². The van der Waals surface area contributed by atoms with E-state index in [2.05, 4.69) is 32.9 Å². The second kappa shape index (κ2) is 33.1. The first-order valence-electron chi connectivity index (χ1n) is 18.2. The summed E-state index contributed by atoms with van der Waals surface area (Å²) in [5.41, 5.74) is 0. The zero-order valence-electron chi connectivity index (χ0n) is 28.5. The van der Waals surface area contributed by atoms with Gasteiger partial charge < -0.3 is 14.2 Å². The number of carbonyl (C=O) groups excluding carboxylic acids is 3. The van der Waals surface area contributed by atoms with Gasteiger partial charge in [-0.1, -0.05) is 142 Å². The molecule has 0 aromatic carbocycles. The third-order valence-corrected chi connectivity index (χ3v) is 7.75. The summed E-state index contributed by atoms with van der Waals surface area (Å²) >= 11 is 0. The van der Waals surface area contributed by atoms with Gasteiger partial charge in [-0.15, -0.1) is 0 Å². The molecule has 1 atom stereocenters. The molecule has 0 aliphatic rings. The molecule has 0 saturated carbocycles. The van der Waals surface area contributed by atoms with E-state index in [9.17, 15) is 14.4 Å². The SMILES string of the molecule is CCC/C=C\CCCCCCCC(=O)OCC(COC(=O)CCCCCCCCC)OC(=O)CCCCCCCCCC. The van der Waals surface area contributed by atoms with E-state index in [4.69, 9.17) is 14.2 Å². The van der Waals surface area contributed by atoms with Crippen molar-refractivity contribution >= 4 is 17.9 Å². The van der Waals surface area contributed by atoms with E-state index < -0.39 is 6.10 Å². The molecule has 0 heterocycles. The molecule has 0 aromatic heterocycles. The average molecular weight is 609 g/mol. The van der Waals surface area contributed by atoms with E-state index in [-0.39, 0.29) is 31.1 Å². The summed E-state index contributed by atoms with van der Waals surface area (Å²) in [6.07, 6.45) is 30.7. The van der Waals surface area contributed by atoms with Crippen LogP contribution in [0.1, 0.15) is 188 Å². The Hall–Kier alpha value is -1.85. The Labute approximate surface area is 265 Å². The lowest BCUT2D eigenvalue weighted by Crippen LogP contribution is -2.30. The Kier molecular flexibility index (Phi) is 31.6. The highest BCUT2D eigenvalue weighted by Crippen LogP contribution is 2.13. The molecule has 6 heteroatoms. The molecule has 0 aromatic rings. The van der Waals surface area contributed by atoms with Gasteiger partial charge in [0.05, 0.1) is 0 Å². The van der Waals surface area contributed by atoms with Crippen LogP contribution in [0.5, 0.6) is 0 Å². The third kappa shape index (κ3) is 31.4. The standard InChI is InChI=1S/C37H68O6/c1-4-7-10-13-16-18-19-22-24-27-30-36(39)42-33-34(32-41-35(38)29-26-23-20-15-12-9-6-3)43-37(40)31-28-25-21-17-14-11-8-5-2/h10,13,34H,4-9,11-12,14-33H2,1-3H3/b13-10-. The van der Waals surface area contributed by atoms with Crippen LogP contribution in [0.3, 0.4) is 0 Å². The second-order valence-corrected chi connectivity index (χ2v) is 12.1. The number of carbonyl (C=O) groups is 3. The number of unbranched alkanes of at least 4 members (excludes halogenated alkanes) is 19. The fraction of sp³-hybridized carbons (Fsp3) is 0.865. The Bertz CT molecular complexity index is 674. The number of allylic oxidation sites excluding steroid dienone is 2. The van der Waals surface area contributed by atoms with Crippen LogP contribution < -0.4 is 0 Å². The average Bonchev–Trinajstić information content (AvgIpc) is 3.00. The van der Waals surface area contributed by atoms with Gasteiger partial charge in [-0.3, -0.25) is 14.4 Å². The highest BCUT2D eigenvalue weighted by atomic mass is 16.6. The van der Waals surface area contributed by atoms with Gasteiger partial charge in [-0.2, -0.15) is 0 Å². The number of esters is 3. The van der Waals surface area contributed by atoms with Crippen molar-refractivity contribution in [3.8, 4) is 0 Å². The fourth-order valence-electron chi connectivity index (χ4n) is 4.97. The largest absolute Gasteiger partial charge is 0.462 e. The molecule has 0 radical (unpaired) electrons. The Morgan fingerprint density at radius 1 is 0.442 bits per heavy atom. The van der Waals surface area contributed by atoms with Crippen LogP contribution in [0.25, 0.3) is 0 Å². The van der Waals surface area contributed by atoms with E-state index in [0.29, 0.717) is 19.3 Å². The van der Waals surface area contributed by atoms with Gasteiger partial charge in [-0.25, -0.2) is 0 Å². The van der Waals surface area contributed by atoms with Crippen LogP contribution in [0.4, 0.5) is 0 Å². The summed E-state index contributed by atoms with van der Waals surface area (Å²) in [6.45, 7) is 6.47. The van der Waals surface area contributed by atoms with E-state index in [1.165, 1.54) is 77.0 Å². The van der Waals surface area contributed by atoms with Gasteiger partial charge in [-0.05, 0) is 38.5 Å². The van der Waals surface area contributed by atoms with Gasteiger partial charge in [0.15, 0.2) is 6.10 Å². The Balaban J connectivity index is 4.36. The minimum absolute atomic E-state index is 0.0709. The number of hydrogen-bond donors (Lipinski definition) is 0. The minimum Gasteiger partial charge on any atom is -0.462 e. The molecule has 0 aliphatic carbocycles. The van der Waals surface area contributed by atoms with Crippen LogP contribution in [0.15, 0.2) is 12.2 Å². The minimum atomic E-state index is -0.760. The van der Waals surface area contributed by atoms with E-state index in [1.54, 1.807) is 0 Å². The number of rotatable bonds is 32. The Morgan fingerprint density at radius 2 is 0.814 bits per heavy atom. The summed E-state index contributed by atoms with van der Waals surface area (Å²) in [5, 5.41) is 0. The summed E-state index contributed by atoms with van der Waals surface area (Å²) in [6, 6.07) is 0. The van der Waals surface area contributed by atoms with Gasteiger partial charge in [0.1, 0.15) is 13.2 Å². The van der Waals surface area contributed by atoms with E-state index in [0.717, 1.165) is 70.6 Å². The van der Waals surface area contributed by atoms with Crippen molar-refractivity contribution in [2.45, 2.75) is 194 Å². The molecule has 43 heavy (non-hydrogen) atoms. The highest BCUT2D eigenvalue weighted by Gasteiger charge is 2.19. The van der Waals surface area contributed by atoms with Crippen LogP contribution in [-0.4, -0.2) is 37.2 Å². The highest BCUT2D eigenvalue weighted by molar-refractivity contribution is 5.71. The van der Waals surface area contributed by atoms with Crippen molar-refractivity contribution in [2.24, 2.45) is 0 Å². The molecular formula is C37H68O6. The maximum absolute atomic E-state index is 12.5. The maximum Gasteiger partial charge on any atom is 0.306 e. The van der Waals surface area contributed by atoms with Crippen molar-refractivity contribution in [1.82, 2.24) is 0 Å². The number of ether oxygens (including phenoxy) is 3. The van der Waals surface area contributed by atoms with Crippen LogP contribution in [0, 0.1) is 0 Å². The van der Waals surface area contributed by atoms with Gasteiger partial charge in [0.25, 0.3) is 0 Å². The Morgan fingerprint density at radius 3 is 1.26 bits per heavy atom. The predicted octanol–water partition coefficient (Wildman–Crippen LogP) is 10.7. The topological polar surface area (TPSA) is 78.9 Å². The van der Waals surface area contributed by atoms with Crippen LogP contribution in [-0.2, 0) is 28.6 Å². The molecule has 0 N–H and O–H groups in total. The van der Waals surface area contributed by atoms with E-state index >= 15 is 0 Å². The molecule has 0 rings (SSSR count). The summed E-state index contributed by atoms with van der Waals surface area (Å²) < 4.78 is 16.5. The zero-order chi connectivity index (χ0) is 31.6. The number of hydrogen-bond acceptors (Lipinski definition) is 6. The molecule has 6 nitrogen and oxygen atoms in total. The first-order valence-corrected chi connectivity index (χ1v) is 18.2. The molecule has 0 fully saturated rings. The van der Waals surface area contributed by atoms with E-state index in [1.807, 2.05) is 0 Å². The summed E-state index contributed by atoms with van der Waals surface area (Å²) in [7, 11) is 0. The molecule has 0 aliphatic heterocycles.